The predicted octanol–water partition coefficient (Wildman–Crippen LogP) is 9.75. The summed E-state index contributed by atoms with van der Waals surface area (Å²) in [6.45, 7) is 0. The molecule has 0 spiro atoms. The van der Waals surface area contributed by atoms with E-state index in [0.29, 0.717) is 11.3 Å². The van der Waals surface area contributed by atoms with Crippen molar-refractivity contribution < 1.29 is 9.90 Å². The van der Waals surface area contributed by atoms with Crippen LogP contribution in [0.2, 0.25) is 0 Å². The second-order valence-electron chi connectivity index (χ2n) is 11.3. The number of benzene rings is 3. The van der Waals surface area contributed by atoms with Crippen molar-refractivity contribution in [1.29, 1.82) is 0 Å². The number of nitrogens with zero attached hydrogens (tertiary/aromatic N) is 2. The number of aromatic amines is 2. The van der Waals surface area contributed by atoms with E-state index in [2.05, 4.69) is 70.7 Å². The zero-order valence-electron chi connectivity index (χ0n) is 25.2. The van der Waals surface area contributed by atoms with Crippen LogP contribution < -0.4 is 0 Å². The molecule has 224 valence electrons. The SMILES string of the molecule is O=C(O)/C=C/c1c2nc(c(-c3ccccc3)c3ccc([nH]3)c(-c3ccccc3)c3nc(c(-c4ccccc4)c4ccc1[nH]4)C=C3)C=C2. The zero-order chi connectivity index (χ0) is 31.7. The van der Waals surface area contributed by atoms with Gasteiger partial charge in [-0.2, -0.15) is 0 Å². The Bertz CT molecular complexity index is 2380. The Kier molecular flexibility index (Phi) is 7.00. The average molecular weight is 609 g/mol. The van der Waals surface area contributed by atoms with E-state index in [1.54, 1.807) is 6.08 Å². The van der Waals surface area contributed by atoms with Crippen LogP contribution in [0.25, 0.3) is 85.8 Å². The number of hydrogen-bond acceptors (Lipinski definition) is 3. The summed E-state index contributed by atoms with van der Waals surface area (Å²) in [5, 5.41) is 9.57. The number of aliphatic carboxylic acids is 1. The fourth-order valence-electron chi connectivity index (χ4n) is 6.28. The van der Waals surface area contributed by atoms with Gasteiger partial charge >= 0.3 is 5.97 Å². The maximum absolute atomic E-state index is 11.7. The molecule has 0 radical (unpaired) electrons. The molecule has 6 aromatic rings. The molecule has 2 aliphatic rings. The van der Waals surface area contributed by atoms with Crippen LogP contribution in [0.4, 0.5) is 0 Å². The van der Waals surface area contributed by atoms with Crippen LogP contribution >= 0.6 is 0 Å². The van der Waals surface area contributed by atoms with E-state index in [9.17, 15) is 9.90 Å². The molecule has 3 N–H and O–H groups in total. The van der Waals surface area contributed by atoms with Gasteiger partial charge in [-0.15, -0.1) is 0 Å². The highest BCUT2D eigenvalue weighted by Crippen LogP contribution is 2.36. The summed E-state index contributed by atoms with van der Waals surface area (Å²) in [7, 11) is 0. The quantitative estimate of drug-likeness (QED) is 0.170. The molecule has 47 heavy (non-hydrogen) atoms. The van der Waals surface area contributed by atoms with Crippen molar-refractivity contribution in [3.05, 3.63) is 150 Å². The molecule has 0 amide bonds. The molecule has 0 saturated carbocycles. The maximum atomic E-state index is 11.7. The van der Waals surface area contributed by atoms with Gasteiger partial charge in [-0.25, -0.2) is 14.8 Å². The van der Waals surface area contributed by atoms with Gasteiger partial charge in [-0.05, 0) is 71.3 Å². The monoisotopic (exact) mass is 608 g/mol. The number of hydrogen-bond donors (Lipinski definition) is 3. The summed E-state index contributed by atoms with van der Waals surface area (Å²) >= 11 is 0. The number of H-pyrrole nitrogens is 2. The van der Waals surface area contributed by atoms with Gasteiger partial charge in [-0.3, -0.25) is 0 Å². The highest BCUT2D eigenvalue weighted by atomic mass is 16.4. The molecule has 0 unspecified atom stereocenters. The van der Waals surface area contributed by atoms with Gasteiger partial charge in [0.2, 0.25) is 0 Å². The molecule has 3 aromatic heterocycles. The number of carboxylic acids is 1. The average Bonchev–Trinajstić information content (AvgIpc) is 3.93. The fourth-order valence-corrected chi connectivity index (χ4v) is 6.28. The van der Waals surface area contributed by atoms with Crippen LogP contribution in [0.3, 0.4) is 0 Å². The van der Waals surface area contributed by atoms with Crippen LogP contribution in [0.1, 0.15) is 28.3 Å². The second-order valence-corrected chi connectivity index (χ2v) is 11.3. The standard InChI is InChI=1S/C41H28N4O2/c46-38(47)25-16-29-30-17-19-32(42-30)39(26-10-4-1-5-11-26)34-21-23-36(44-34)41(28-14-8-3-9-15-28)37-24-22-35(45-37)40(27-12-6-2-7-13-27)33-20-18-31(29)43-33/h1-25,42,45H,(H,46,47)/b25-16+,30-29?,31-29?,39-32?,39-34?,40-33?,40-35?,41-36?,41-37?. The van der Waals surface area contributed by atoms with Gasteiger partial charge in [-0.1, -0.05) is 91.0 Å². The smallest absolute Gasteiger partial charge is 0.328 e. The minimum atomic E-state index is -1.03. The van der Waals surface area contributed by atoms with Crippen molar-refractivity contribution in [2.24, 2.45) is 0 Å². The number of carboxylic acid groups (broad SMARTS) is 1. The Morgan fingerprint density at radius 3 is 1.28 bits per heavy atom. The van der Waals surface area contributed by atoms with Crippen molar-refractivity contribution >= 4 is 58.4 Å². The number of rotatable bonds is 5. The molecule has 6 nitrogen and oxygen atoms in total. The molecule has 3 aromatic carbocycles. The largest absolute Gasteiger partial charge is 0.478 e. The highest BCUT2D eigenvalue weighted by molar-refractivity contribution is 5.99. The first kappa shape index (κ1) is 28.0. The minimum Gasteiger partial charge on any atom is -0.478 e. The normalized spacial score (nSPS) is 12.2. The molecule has 5 heterocycles. The lowest BCUT2D eigenvalue weighted by atomic mass is 10.0. The van der Waals surface area contributed by atoms with E-state index < -0.39 is 5.97 Å². The van der Waals surface area contributed by atoms with Crippen LogP contribution in [-0.4, -0.2) is 31.0 Å². The van der Waals surface area contributed by atoms with Crippen LogP contribution in [0, 0.1) is 0 Å². The first-order chi connectivity index (χ1) is 23.1. The van der Waals surface area contributed by atoms with Gasteiger partial charge in [0.25, 0.3) is 0 Å². The van der Waals surface area contributed by atoms with Crippen molar-refractivity contribution in [3.8, 4) is 33.4 Å². The zero-order valence-corrected chi connectivity index (χ0v) is 25.2. The van der Waals surface area contributed by atoms with Crippen LogP contribution in [-0.2, 0) is 4.79 Å². The number of nitrogens with one attached hydrogen (secondary N) is 2. The summed E-state index contributed by atoms with van der Waals surface area (Å²) in [4.78, 5) is 29.4. The maximum Gasteiger partial charge on any atom is 0.328 e. The Morgan fingerprint density at radius 2 is 0.851 bits per heavy atom. The summed E-state index contributed by atoms with van der Waals surface area (Å²) < 4.78 is 0. The number of fused-ring (bicyclic) bond motifs is 8. The topological polar surface area (TPSA) is 94.7 Å². The molecular formula is C41H28N4O2. The molecule has 0 saturated heterocycles. The van der Waals surface area contributed by atoms with E-state index in [1.165, 1.54) is 0 Å². The molecular weight excluding hydrogens is 580 g/mol. The lowest BCUT2D eigenvalue weighted by molar-refractivity contribution is -0.131. The predicted molar refractivity (Wildman–Crippen MR) is 192 cm³/mol. The summed E-state index contributed by atoms with van der Waals surface area (Å²) in [6.07, 6.45) is 10.8. The Balaban J connectivity index is 1.57. The molecule has 0 atom stereocenters. The third kappa shape index (κ3) is 5.28. The molecule has 8 rings (SSSR count). The minimum absolute atomic E-state index is 0.657. The highest BCUT2D eigenvalue weighted by Gasteiger charge is 2.17. The molecule has 6 heteroatoms. The van der Waals surface area contributed by atoms with Crippen molar-refractivity contribution in [1.82, 2.24) is 19.9 Å². The van der Waals surface area contributed by atoms with Crippen molar-refractivity contribution in [2.45, 2.75) is 0 Å². The van der Waals surface area contributed by atoms with Gasteiger partial charge in [0, 0.05) is 50.4 Å². The van der Waals surface area contributed by atoms with E-state index in [4.69, 9.17) is 9.97 Å². The number of carbonyl (C=O) groups is 1. The lowest BCUT2D eigenvalue weighted by Crippen LogP contribution is -1.90. The van der Waals surface area contributed by atoms with Gasteiger partial charge in [0.1, 0.15) is 0 Å². The third-order valence-corrected chi connectivity index (χ3v) is 8.37. The molecule has 0 aliphatic carbocycles. The summed E-state index contributed by atoms with van der Waals surface area (Å²) in [5.74, 6) is -1.03. The van der Waals surface area contributed by atoms with Crippen LogP contribution in [0.5, 0.6) is 0 Å². The van der Waals surface area contributed by atoms with Gasteiger partial charge in [0.05, 0.1) is 22.8 Å². The van der Waals surface area contributed by atoms with Crippen LogP contribution in [0.15, 0.2) is 121 Å². The molecule has 8 bridgehead atoms. The Hall–Kier alpha value is -6.53. The first-order valence-corrected chi connectivity index (χ1v) is 15.4. The summed E-state index contributed by atoms with van der Waals surface area (Å²) in [6, 6.07) is 38.8. The fraction of sp³-hybridized carbons (Fsp3) is 0. The molecule has 2 aliphatic heterocycles. The lowest BCUT2D eigenvalue weighted by Gasteiger charge is -2.06. The second kappa shape index (κ2) is 11.8. The van der Waals surface area contributed by atoms with E-state index >= 15 is 0 Å². The number of aromatic nitrogens is 4. The Morgan fingerprint density at radius 1 is 0.489 bits per heavy atom. The van der Waals surface area contributed by atoms with Crippen molar-refractivity contribution in [3.63, 3.8) is 0 Å². The third-order valence-electron chi connectivity index (χ3n) is 8.37. The van der Waals surface area contributed by atoms with E-state index in [1.807, 2.05) is 78.9 Å². The van der Waals surface area contributed by atoms with Gasteiger partial charge < -0.3 is 15.1 Å². The van der Waals surface area contributed by atoms with Gasteiger partial charge in [0.15, 0.2) is 0 Å². The van der Waals surface area contributed by atoms with E-state index in [0.717, 1.165) is 78.6 Å². The molecule has 0 fully saturated rings. The first-order valence-electron chi connectivity index (χ1n) is 15.4. The van der Waals surface area contributed by atoms with Crippen molar-refractivity contribution in [2.75, 3.05) is 0 Å². The Labute approximate surface area is 270 Å². The summed E-state index contributed by atoms with van der Waals surface area (Å²) in [5.41, 5.74) is 13.1. The van der Waals surface area contributed by atoms with E-state index in [-0.39, 0.29) is 0 Å².